The van der Waals surface area contributed by atoms with Crippen molar-refractivity contribution >= 4 is 44.3 Å². The van der Waals surface area contributed by atoms with Crippen molar-refractivity contribution in [1.82, 2.24) is 34.3 Å². The molecule has 1 unspecified atom stereocenters. The smallest absolute Gasteiger partial charge is 0.283 e. The van der Waals surface area contributed by atoms with Crippen molar-refractivity contribution in [1.29, 1.82) is 5.26 Å². The van der Waals surface area contributed by atoms with Crippen LogP contribution in [0.2, 0.25) is 0 Å². The average Bonchev–Trinajstić information content (AvgIpc) is 3.53. The summed E-state index contributed by atoms with van der Waals surface area (Å²) in [6.45, 7) is 4.45. The molecule has 194 valence electrons. The molecule has 38 heavy (non-hydrogen) atoms. The minimum absolute atomic E-state index is 0. The van der Waals surface area contributed by atoms with E-state index in [4.69, 9.17) is 10.8 Å². The lowest BCUT2D eigenvalue weighted by atomic mass is 9.88. The van der Waals surface area contributed by atoms with Crippen LogP contribution in [0.4, 0.5) is 11.8 Å². The first kappa shape index (κ1) is 26.8. The van der Waals surface area contributed by atoms with Crippen LogP contribution in [0.25, 0.3) is 22.5 Å². The van der Waals surface area contributed by atoms with Gasteiger partial charge in [-0.3, -0.25) is 14.5 Å². The number of fused-ring (bicyclic) bond motifs is 1. The van der Waals surface area contributed by atoms with Gasteiger partial charge in [0.15, 0.2) is 11.6 Å². The fourth-order valence-electron chi connectivity index (χ4n) is 4.95. The van der Waals surface area contributed by atoms with E-state index in [2.05, 4.69) is 33.2 Å². The molecule has 11 nitrogen and oxygen atoms in total. The molecule has 0 spiro atoms. The standard InChI is InChI=1S/C25H22N10O.2H2S/c1-14-13-33(22-18(12-26)15(2)29-25(27)30-22)20(14)23-32-34-11-9-17(19-8-10-28-31-19)21(34)24(36)35(23)16-6-4-3-5-7-16;;/h3-11,14,20H,13H2,1-2H3,(H,28,31)(H2,27,29,30);2*1H2/t14-,20?;;/m0../s1. The van der Waals surface area contributed by atoms with Gasteiger partial charge in [-0.1, -0.05) is 25.1 Å². The van der Waals surface area contributed by atoms with Crippen LogP contribution < -0.4 is 16.2 Å². The molecule has 2 atom stereocenters. The molecule has 13 heteroatoms. The molecule has 1 fully saturated rings. The third kappa shape index (κ3) is 4.07. The van der Waals surface area contributed by atoms with E-state index in [-0.39, 0.29) is 50.5 Å². The second-order valence-corrected chi connectivity index (χ2v) is 8.88. The molecule has 1 saturated heterocycles. The molecule has 1 aromatic carbocycles. The Bertz CT molecular complexity index is 1710. The molecule has 1 aliphatic heterocycles. The van der Waals surface area contributed by atoms with Crippen molar-refractivity contribution in [2.24, 2.45) is 5.92 Å². The Hall–Kier alpha value is -4.28. The van der Waals surface area contributed by atoms with Crippen LogP contribution in [0.3, 0.4) is 0 Å². The number of nitrogen functional groups attached to an aromatic ring is 1. The SMILES string of the molecule is Cc1nc(N)nc(N2C[C@H](C)C2c2nn3ccc(-c4ccn[nH]4)c3c(=O)n2-c2ccccc2)c1C#N.S.S. The van der Waals surface area contributed by atoms with Crippen LogP contribution in [0.1, 0.15) is 30.0 Å². The van der Waals surface area contributed by atoms with Crippen molar-refractivity contribution in [3.05, 3.63) is 82.3 Å². The first-order chi connectivity index (χ1) is 17.5. The number of aromatic amines is 1. The van der Waals surface area contributed by atoms with Gasteiger partial charge >= 0.3 is 0 Å². The predicted molar refractivity (Wildman–Crippen MR) is 154 cm³/mol. The number of nitriles is 1. The van der Waals surface area contributed by atoms with Crippen LogP contribution in [-0.2, 0) is 0 Å². The van der Waals surface area contributed by atoms with Crippen LogP contribution in [-0.4, -0.2) is 40.9 Å². The van der Waals surface area contributed by atoms with E-state index in [0.29, 0.717) is 46.2 Å². The second kappa shape index (κ2) is 10.2. The number of hydrogen-bond acceptors (Lipinski definition) is 8. The monoisotopic (exact) mass is 546 g/mol. The highest BCUT2D eigenvalue weighted by Gasteiger charge is 2.43. The zero-order valence-corrected chi connectivity index (χ0v) is 22.6. The second-order valence-electron chi connectivity index (χ2n) is 8.88. The van der Waals surface area contributed by atoms with E-state index in [1.807, 2.05) is 47.4 Å². The van der Waals surface area contributed by atoms with E-state index >= 15 is 0 Å². The highest BCUT2D eigenvalue weighted by atomic mass is 32.1. The summed E-state index contributed by atoms with van der Waals surface area (Å²) in [5, 5.41) is 21.7. The van der Waals surface area contributed by atoms with Crippen molar-refractivity contribution in [3.8, 4) is 23.0 Å². The number of rotatable bonds is 4. The lowest BCUT2D eigenvalue weighted by molar-refractivity contribution is 0.300. The molecular weight excluding hydrogens is 520 g/mol. The molecule has 4 aromatic heterocycles. The first-order valence-electron chi connectivity index (χ1n) is 11.5. The van der Waals surface area contributed by atoms with Gasteiger partial charge in [0.2, 0.25) is 5.95 Å². The van der Waals surface area contributed by atoms with E-state index in [1.165, 1.54) is 0 Å². The number of nitrogens with two attached hydrogens (primary N) is 1. The number of nitrogens with one attached hydrogen (secondary N) is 1. The lowest BCUT2D eigenvalue weighted by Crippen LogP contribution is -2.52. The van der Waals surface area contributed by atoms with Crippen LogP contribution in [0.15, 0.2) is 59.7 Å². The molecule has 6 rings (SSSR count). The minimum atomic E-state index is -0.318. The van der Waals surface area contributed by atoms with Crippen LogP contribution >= 0.6 is 27.0 Å². The molecule has 0 bridgehead atoms. The quantitative estimate of drug-likeness (QED) is 0.350. The number of nitrogens with zero attached hydrogens (tertiary/aromatic N) is 8. The Kier molecular flexibility index (Phi) is 7.21. The van der Waals surface area contributed by atoms with Gasteiger partial charge in [-0.05, 0) is 31.2 Å². The van der Waals surface area contributed by atoms with Gasteiger partial charge in [0.05, 0.1) is 23.1 Å². The number of anilines is 2. The van der Waals surface area contributed by atoms with Gasteiger partial charge in [0.25, 0.3) is 5.56 Å². The summed E-state index contributed by atoms with van der Waals surface area (Å²) in [4.78, 5) is 24.6. The Morgan fingerprint density at radius 2 is 1.89 bits per heavy atom. The third-order valence-corrected chi connectivity index (χ3v) is 6.61. The zero-order valence-electron chi connectivity index (χ0n) is 20.6. The van der Waals surface area contributed by atoms with Gasteiger partial charge < -0.3 is 10.6 Å². The van der Waals surface area contributed by atoms with Gasteiger partial charge in [0, 0.05) is 30.4 Å². The lowest BCUT2D eigenvalue weighted by Gasteiger charge is -2.47. The topological polar surface area (TPSA) is 147 Å². The molecule has 0 radical (unpaired) electrons. The minimum Gasteiger partial charge on any atom is -0.368 e. The summed E-state index contributed by atoms with van der Waals surface area (Å²) in [6.07, 6.45) is 3.42. The van der Waals surface area contributed by atoms with E-state index in [1.54, 1.807) is 28.4 Å². The maximum absolute atomic E-state index is 14.1. The number of aryl methyl sites for hydroxylation is 1. The summed E-state index contributed by atoms with van der Waals surface area (Å²) >= 11 is 0. The van der Waals surface area contributed by atoms with Gasteiger partial charge in [-0.25, -0.2) is 9.50 Å². The Labute approximate surface area is 231 Å². The zero-order chi connectivity index (χ0) is 25.0. The summed E-state index contributed by atoms with van der Waals surface area (Å²) in [6, 6.07) is 15.0. The Balaban J connectivity index is 0.00000168. The first-order valence-corrected chi connectivity index (χ1v) is 11.5. The number of H-pyrrole nitrogens is 1. The van der Waals surface area contributed by atoms with Gasteiger partial charge in [-0.15, -0.1) is 0 Å². The van der Waals surface area contributed by atoms with Crippen molar-refractivity contribution < 1.29 is 0 Å². The fourth-order valence-corrected chi connectivity index (χ4v) is 4.95. The van der Waals surface area contributed by atoms with E-state index in [0.717, 1.165) is 5.69 Å². The summed E-state index contributed by atoms with van der Waals surface area (Å²) < 4.78 is 3.26. The molecule has 3 N–H and O–H groups in total. The largest absolute Gasteiger partial charge is 0.368 e. The molecule has 5 heterocycles. The third-order valence-electron chi connectivity index (χ3n) is 6.61. The number of benzene rings is 1. The van der Waals surface area contributed by atoms with E-state index in [9.17, 15) is 10.1 Å². The summed E-state index contributed by atoms with van der Waals surface area (Å²) in [5.41, 5.74) is 9.18. The summed E-state index contributed by atoms with van der Waals surface area (Å²) in [7, 11) is 0. The predicted octanol–water partition coefficient (Wildman–Crippen LogP) is 2.85. The molecular formula is C25H26N10OS2. The maximum Gasteiger partial charge on any atom is 0.283 e. The number of hydrogen-bond donors (Lipinski definition) is 2. The molecule has 5 aromatic rings. The maximum atomic E-state index is 14.1. The Morgan fingerprint density at radius 3 is 2.55 bits per heavy atom. The fraction of sp³-hybridized carbons (Fsp3) is 0.200. The van der Waals surface area contributed by atoms with Crippen molar-refractivity contribution in [2.45, 2.75) is 19.9 Å². The number of para-hydroxylation sites is 1. The summed E-state index contributed by atoms with van der Waals surface area (Å²) in [5.74, 6) is 1.22. The van der Waals surface area contributed by atoms with Crippen LogP contribution in [0, 0.1) is 24.2 Å². The highest BCUT2D eigenvalue weighted by molar-refractivity contribution is 7.59. The molecule has 0 saturated carbocycles. The van der Waals surface area contributed by atoms with Crippen molar-refractivity contribution in [3.63, 3.8) is 0 Å². The molecule has 0 aliphatic carbocycles. The molecule has 0 amide bonds. The molecule has 1 aliphatic rings. The Morgan fingerprint density at radius 1 is 1.13 bits per heavy atom. The van der Waals surface area contributed by atoms with Crippen LogP contribution in [0.5, 0.6) is 0 Å². The average molecular weight is 547 g/mol. The van der Waals surface area contributed by atoms with E-state index < -0.39 is 0 Å². The van der Waals surface area contributed by atoms with Gasteiger partial charge in [0.1, 0.15) is 17.1 Å². The highest BCUT2D eigenvalue weighted by Crippen LogP contribution is 2.42. The number of aromatic nitrogens is 7. The normalized spacial score (nSPS) is 16.3. The van der Waals surface area contributed by atoms with Gasteiger partial charge in [-0.2, -0.15) is 47.4 Å². The van der Waals surface area contributed by atoms with Crippen molar-refractivity contribution in [2.75, 3.05) is 17.2 Å².